The summed E-state index contributed by atoms with van der Waals surface area (Å²) in [7, 11) is 0. The van der Waals surface area contributed by atoms with E-state index in [0.717, 1.165) is 35.4 Å². The second-order valence-corrected chi connectivity index (χ2v) is 6.07. The average molecular weight is 365 g/mol. The van der Waals surface area contributed by atoms with Crippen LogP contribution in [-0.2, 0) is 12.6 Å². The maximum Gasteiger partial charge on any atom is 0.416 e. The van der Waals surface area contributed by atoms with E-state index in [2.05, 4.69) is 15.4 Å². The molecule has 0 aliphatic carbocycles. The van der Waals surface area contributed by atoms with E-state index in [1.807, 2.05) is 12.1 Å². The number of halogens is 4. The van der Waals surface area contributed by atoms with Gasteiger partial charge in [0.1, 0.15) is 5.82 Å². The molecule has 1 N–H and O–H groups in total. The van der Waals surface area contributed by atoms with Crippen LogP contribution in [0.5, 0.6) is 0 Å². The normalized spacial score (nSPS) is 13.6. The van der Waals surface area contributed by atoms with E-state index in [-0.39, 0.29) is 10.7 Å². The third-order valence-electron chi connectivity index (χ3n) is 4.11. The highest BCUT2D eigenvalue weighted by molar-refractivity contribution is 6.32. The van der Waals surface area contributed by atoms with Gasteiger partial charge in [-0.25, -0.2) is 4.68 Å². The molecule has 0 radical (unpaired) electrons. The first-order chi connectivity index (χ1) is 11.9. The van der Waals surface area contributed by atoms with Crippen molar-refractivity contribution in [1.82, 2.24) is 14.8 Å². The van der Waals surface area contributed by atoms with Crippen LogP contribution in [0.25, 0.3) is 16.9 Å². The first-order valence-electron chi connectivity index (χ1n) is 7.58. The monoisotopic (exact) mass is 364 g/mol. The van der Waals surface area contributed by atoms with Gasteiger partial charge in [0.05, 0.1) is 22.0 Å². The lowest BCUT2D eigenvalue weighted by atomic mass is 10.1. The highest BCUT2D eigenvalue weighted by atomic mass is 35.5. The molecule has 1 aromatic carbocycles. The Labute approximate surface area is 146 Å². The van der Waals surface area contributed by atoms with Crippen molar-refractivity contribution in [3.8, 4) is 16.9 Å². The number of anilines is 1. The summed E-state index contributed by atoms with van der Waals surface area (Å²) in [6.45, 7) is 0.696. The molecule has 0 unspecified atom stereocenters. The van der Waals surface area contributed by atoms with E-state index in [1.165, 1.54) is 10.7 Å². The molecule has 0 bridgehead atoms. The number of nitrogens with one attached hydrogen (secondary N) is 1. The summed E-state index contributed by atoms with van der Waals surface area (Å²) in [5.41, 5.74) is 1.97. The molecule has 0 spiro atoms. The summed E-state index contributed by atoms with van der Waals surface area (Å²) in [4.78, 5) is 3.99. The molecule has 4 rings (SSSR count). The van der Waals surface area contributed by atoms with Crippen molar-refractivity contribution in [1.29, 1.82) is 0 Å². The fraction of sp³-hybridized carbons (Fsp3) is 0.176. The maximum absolute atomic E-state index is 13.1. The van der Waals surface area contributed by atoms with Crippen LogP contribution in [0.4, 0.5) is 19.0 Å². The van der Waals surface area contributed by atoms with Crippen LogP contribution in [0, 0.1) is 0 Å². The van der Waals surface area contributed by atoms with Crippen molar-refractivity contribution in [3.63, 3.8) is 0 Å². The molecule has 2 aromatic heterocycles. The Hall–Kier alpha value is -2.54. The van der Waals surface area contributed by atoms with Gasteiger partial charge < -0.3 is 5.32 Å². The molecule has 8 heteroatoms. The van der Waals surface area contributed by atoms with Gasteiger partial charge in [-0.3, -0.25) is 4.98 Å². The van der Waals surface area contributed by atoms with E-state index in [0.29, 0.717) is 12.4 Å². The number of benzene rings is 1. The minimum absolute atomic E-state index is 0.197. The average Bonchev–Trinajstić information content (AvgIpc) is 3.17. The van der Waals surface area contributed by atoms with Gasteiger partial charge in [-0.2, -0.15) is 18.3 Å². The van der Waals surface area contributed by atoms with E-state index in [4.69, 9.17) is 11.6 Å². The second-order valence-electron chi connectivity index (χ2n) is 5.66. The molecule has 3 aromatic rings. The van der Waals surface area contributed by atoms with Gasteiger partial charge in [0.15, 0.2) is 0 Å². The van der Waals surface area contributed by atoms with Crippen LogP contribution in [0.15, 0.2) is 42.7 Å². The van der Waals surface area contributed by atoms with Crippen LogP contribution in [0.3, 0.4) is 0 Å². The molecule has 4 nitrogen and oxygen atoms in total. The lowest BCUT2D eigenvalue weighted by molar-refractivity contribution is -0.137. The molecule has 25 heavy (non-hydrogen) atoms. The van der Waals surface area contributed by atoms with Crippen molar-refractivity contribution in [3.05, 3.63) is 58.9 Å². The third-order valence-corrected chi connectivity index (χ3v) is 4.43. The summed E-state index contributed by atoms with van der Waals surface area (Å²) in [6.07, 6.45) is -0.401. The number of alkyl halides is 3. The van der Waals surface area contributed by atoms with Crippen LogP contribution in [0.1, 0.15) is 11.1 Å². The molecule has 0 amide bonds. The molecule has 128 valence electrons. The topological polar surface area (TPSA) is 42.7 Å². The van der Waals surface area contributed by atoms with Gasteiger partial charge >= 0.3 is 6.18 Å². The zero-order valence-corrected chi connectivity index (χ0v) is 13.6. The lowest BCUT2D eigenvalue weighted by Crippen LogP contribution is -2.09. The van der Waals surface area contributed by atoms with Crippen molar-refractivity contribution in [2.45, 2.75) is 12.6 Å². The molecule has 0 atom stereocenters. The van der Waals surface area contributed by atoms with Crippen molar-refractivity contribution >= 4 is 17.4 Å². The smallest absolute Gasteiger partial charge is 0.369 e. The third kappa shape index (κ3) is 2.74. The van der Waals surface area contributed by atoms with E-state index >= 15 is 0 Å². The van der Waals surface area contributed by atoms with Crippen LogP contribution >= 0.6 is 11.6 Å². The SMILES string of the molecule is FC(F)(F)c1ccc(Cl)c(-n2nc(-c3ccncc3)c3c2NCC3)c1. The molecule has 1 aliphatic rings. The summed E-state index contributed by atoms with van der Waals surface area (Å²) in [6, 6.07) is 6.87. The number of rotatable bonds is 2. The maximum atomic E-state index is 13.1. The molecule has 0 saturated carbocycles. The summed E-state index contributed by atoms with van der Waals surface area (Å²) in [5, 5.41) is 7.92. The van der Waals surface area contributed by atoms with Crippen LogP contribution in [0.2, 0.25) is 5.02 Å². The summed E-state index contributed by atoms with van der Waals surface area (Å²) >= 11 is 6.17. The lowest BCUT2D eigenvalue weighted by Gasteiger charge is -2.12. The minimum Gasteiger partial charge on any atom is -0.369 e. The van der Waals surface area contributed by atoms with Crippen molar-refractivity contribution < 1.29 is 13.2 Å². The predicted octanol–water partition coefficient (Wildman–Crippen LogP) is 4.57. The number of fused-ring (bicyclic) bond motifs is 1. The van der Waals surface area contributed by atoms with Crippen LogP contribution < -0.4 is 5.32 Å². The summed E-state index contributed by atoms with van der Waals surface area (Å²) < 4.78 is 40.6. The number of pyridine rings is 1. The Kier molecular flexibility index (Phi) is 3.68. The number of hydrogen-bond donors (Lipinski definition) is 1. The number of nitrogens with zero attached hydrogens (tertiary/aromatic N) is 3. The van der Waals surface area contributed by atoms with E-state index in [9.17, 15) is 13.2 Å². The quantitative estimate of drug-likeness (QED) is 0.724. The Morgan fingerprint density at radius 2 is 1.88 bits per heavy atom. The Balaban J connectivity index is 1.91. The Morgan fingerprint density at radius 3 is 2.60 bits per heavy atom. The Bertz CT molecular complexity index is 935. The second kappa shape index (κ2) is 5.77. The largest absolute Gasteiger partial charge is 0.416 e. The summed E-state index contributed by atoms with van der Waals surface area (Å²) in [5.74, 6) is 0.674. The predicted molar refractivity (Wildman–Crippen MR) is 89.0 cm³/mol. The van der Waals surface area contributed by atoms with E-state index in [1.54, 1.807) is 12.4 Å². The fourth-order valence-corrected chi connectivity index (χ4v) is 3.14. The van der Waals surface area contributed by atoms with E-state index < -0.39 is 11.7 Å². The van der Waals surface area contributed by atoms with Gasteiger partial charge in [-0.15, -0.1) is 0 Å². The highest BCUT2D eigenvalue weighted by Crippen LogP contribution is 2.38. The number of hydrogen-bond acceptors (Lipinski definition) is 3. The van der Waals surface area contributed by atoms with Crippen molar-refractivity contribution in [2.24, 2.45) is 0 Å². The molecule has 3 heterocycles. The molecule has 0 fully saturated rings. The molecule has 0 saturated heterocycles. The van der Waals surface area contributed by atoms with Gasteiger partial charge in [0.25, 0.3) is 0 Å². The van der Waals surface area contributed by atoms with Gasteiger partial charge in [0.2, 0.25) is 0 Å². The standard InChI is InChI=1S/C17H12ClF3N4/c18-13-2-1-11(17(19,20)21)9-14(13)25-16-12(5-8-23-16)15(24-25)10-3-6-22-7-4-10/h1-4,6-7,9,23H,5,8H2. The van der Waals surface area contributed by atoms with Crippen LogP contribution in [-0.4, -0.2) is 21.3 Å². The molecular weight excluding hydrogens is 353 g/mol. The minimum atomic E-state index is -4.45. The molecular formula is C17H12ClF3N4. The zero-order valence-electron chi connectivity index (χ0n) is 12.8. The van der Waals surface area contributed by atoms with Gasteiger partial charge in [0, 0.05) is 30.1 Å². The first-order valence-corrected chi connectivity index (χ1v) is 7.96. The van der Waals surface area contributed by atoms with Gasteiger partial charge in [-0.1, -0.05) is 11.6 Å². The van der Waals surface area contributed by atoms with Gasteiger partial charge in [-0.05, 0) is 36.8 Å². The fourth-order valence-electron chi connectivity index (χ4n) is 2.94. The Morgan fingerprint density at radius 1 is 1.12 bits per heavy atom. The van der Waals surface area contributed by atoms with Crippen molar-refractivity contribution in [2.75, 3.05) is 11.9 Å². The highest BCUT2D eigenvalue weighted by Gasteiger charge is 2.32. The molecule has 1 aliphatic heterocycles. The zero-order chi connectivity index (χ0) is 17.6. The first kappa shape index (κ1) is 16.0. The number of aromatic nitrogens is 3.